The molecule has 7 heteroatoms. The van der Waals surface area contributed by atoms with E-state index < -0.39 is 0 Å². The second-order valence-corrected chi connectivity index (χ2v) is 7.15. The number of likely N-dealkylation sites (tertiary alicyclic amines) is 1. The minimum Gasteiger partial charge on any atom is -0.473 e. The van der Waals surface area contributed by atoms with Crippen LogP contribution < -0.4 is 4.74 Å². The lowest BCUT2D eigenvalue weighted by atomic mass is 9.84. The Kier molecular flexibility index (Phi) is 4.20. The average molecular weight is 345 g/mol. The molecule has 24 heavy (non-hydrogen) atoms. The van der Waals surface area contributed by atoms with Gasteiger partial charge in [-0.2, -0.15) is 11.3 Å². The van der Waals surface area contributed by atoms with Crippen molar-refractivity contribution in [3.63, 3.8) is 0 Å². The van der Waals surface area contributed by atoms with Gasteiger partial charge in [0.15, 0.2) is 0 Å². The van der Waals surface area contributed by atoms with Crippen molar-refractivity contribution < 1.29 is 14.3 Å². The molecule has 1 spiro atoms. The van der Waals surface area contributed by atoms with E-state index in [2.05, 4.69) is 9.97 Å². The van der Waals surface area contributed by atoms with Gasteiger partial charge in [0, 0.05) is 25.2 Å². The number of hydrogen-bond acceptors (Lipinski definition) is 6. The number of ether oxygens (including phenoxy) is 2. The van der Waals surface area contributed by atoms with Crippen LogP contribution in [0.3, 0.4) is 0 Å². The predicted molar refractivity (Wildman–Crippen MR) is 89.0 cm³/mol. The van der Waals surface area contributed by atoms with E-state index in [1.165, 1.54) is 0 Å². The number of nitrogens with zero attached hydrogens (tertiary/aromatic N) is 3. The van der Waals surface area contributed by atoms with Crippen LogP contribution in [-0.4, -0.2) is 52.2 Å². The molecule has 1 amide bonds. The van der Waals surface area contributed by atoms with E-state index in [-0.39, 0.29) is 17.6 Å². The summed E-state index contributed by atoms with van der Waals surface area (Å²) in [6.07, 6.45) is 7.02. The summed E-state index contributed by atoms with van der Waals surface area (Å²) in [5, 5.41) is 4.02. The minimum atomic E-state index is -0.255. The molecule has 0 saturated carbocycles. The van der Waals surface area contributed by atoms with Gasteiger partial charge < -0.3 is 14.4 Å². The molecule has 2 aromatic heterocycles. The summed E-state index contributed by atoms with van der Waals surface area (Å²) in [4.78, 5) is 22.4. The second kappa shape index (κ2) is 6.49. The number of rotatable bonds is 4. The van der Waals surface area contributed by atoms with Crippen molar-refractivity contribution in [1.29, 1.82) is 0 Å². The number of aromatic nitrogens is 2. The van der Waals surface area contributed by atoms with Crippen LogP contribution in [-0.2, 0) is 16.0 Å². The van der Waals surface area contributed by atoms with Crippen LogP contribution in [0.4, 0.5) is 0 Å². The maximum absolute atomic E-state index is 12.3. The number of amides is 1. The maximum Gasteiger partial charge on any atom is 0.232 e. The topological polar surface area (TPSA) is 64.6 Å². The van der Waals surface area contributed by atoms with Crippen LogP contribution in [0, 0.1) is 0 Å². The lowest BCUT2D eigenvalue weighted by Crippen LogP contribution is -2.67. The molecule has 0 radical (unpaired) electrons. The normalized spacial score (nSPS) is 22.2. The minimum absolute atomic E-state index is 0.0598. The highest BCUT2D eigenvalue weighted by molar-refractivity contribution is 7.08. The predicted octanol–water partition coefficient (Wildman–Crippen LogP) is 1.92. The van der Waals surface area contributed by atoms with Gasteiger partial charge >= 0.3 is 0 Å². The molecule has 0 unspecified atom stereocenters. The fourth-order valence-electron chi connectivity index (χ4n) is 3.33. The van der Waals surface area contributed by atoms with E-state index >= 15 is 0 Å². The van der Waals surface area contributed by atoms with Crippen LogP contribution in [0.1, 0.15) is 18.4 Å². The van der Waals surface area contributed by atoms with Crippen molar-refractivity contribution in [3.05, 3.63) is 41.0 Å². The molecule has 1 atom stereocenters. The van der Waals surface area contributed by atoms with Gasteiger partial charge in [-0.05, 0) is 22.4 Å². The molecule has 0 aliphatic carbocycles. The molecule has 0 N–H and O–H groups in total. The van der Waals surface area contributed by atoms with E-state index in [4.69, 9.17) is 9.47 Å². The van der Waals surface area contributed by atoms with E-state index in [0.717, 1.165) is 18.4 Å². The Morgan fingerprint density at radius 2 is 2.38 bits per heavy atom. The van der Waals surface area contributed by atoms with Gasteiger partial charge in [-0.15, -0.1) is 0 Å². The standard InChI is InChI=1S/C17H19N3O3S/c21-16(7-13-2-6-24-10-13)20-11-17(12-20)8-14(1-5-22-17)23-15-9-18-3-4-19-15/h2-4,6,9-10,14H,1,5,7-8,11-12H2/t14-/m1/s1. The van der Waals surface area contributed by atoms with E-state index in [0.29, 0.717) is 32.0 Å². The van der Waals surface area contributed by atoms with Gasteiger partial charge in [-0.3, -0.25) is 9.78 Å². The second-order valence-electron chi connectivity index (χ2n) is 6.37. The fraction of sp³-hybridized carbons (Fsp3) is 0.471. The van der Waals surface area contributed by atoms with E-state index in [1.54, 1.807) is 29.9 Å². The van der Waals surface area contributed by atoms with Gasteiger partial charge in [0.2, 0.25) is 11.8 Å². The lowest BCUT2D eigenvalue weighted by Gasteiger charge is -2.52. The first kappa shape index (κ1) is 15.5. The van der Waals surface area contributed by atoms with E-state index in [1.807, 2.05) is 21.7 Å². The van der Waals surface area contributed by atoms with Gasteiger partial charge in [0.1, 0.15) is 11.7 Å². The van der Waals surface area contributed by atoms with Gasteiger partial charge in [-0.25, -0.2) is 4.98 Å². The van der Waals surface area contributed by atoms with Crippen molar-refractivity contribution in [3.8, 4) is 5.88 Å². The molecule has 2 saturated heterocycles. The average Bonchev–Trinajstić information content (AvgIpc) is 3.06. The maximum atomic E-state index is 12.3. The van der Waals surface area contributed by atoms with Crippen LogP contribution in [0.5, 0.6) is 5.88 Å². The number of carbonyl (C=O) groups excluding carboxylic acids is 1. The molecule has 6 nitrogen and oxygen atoms in total. The molecular weight excluding hydrogens is 326 g/mol. The summed E-state index contributed by atoms with van der Waals surface area (Å²) in [6.45, 7) is 1.95. The molecular formula is C17H19N3O3S. The lowest BCUT2D eigenvalue weighted by molar-refractivity contribution is -0.193. The summed E-state index contributed by atoms with van der Waals surface area (Å²) >= 11 is 1.62. The van der Waals surface area contributed by atoms with Gasteiger partial charge in [-0.1, -0.05) is 0 Å². The molecule has 126 valence electrons. The Labute approximate surface area is 144 Å². The summed E-state index contributed by atoms with van der Waals surface area (Å²) in [5.74, 6) is 0.712. The van der Waals surface area contributed by atoms with Crippen LogP contribution in [0.25, 0.3) is 0 Å². The Balaban J connectivity index is 1.31. The number of thiophene rings is 1. The molecule has 2 aliphatic rings. The van der Waals surface area contributed by atoms with Gasteiger partial charge in [0.25, 0.3) is 0 Å². The van der Waals surface area contributed by atoms with Crippen molar-refractivity contribution >= 4 is 17.2 Å². The Morgan fingerprint density at radius 1 is 1.46 bits per heavy atom. The Hall–Kier alpha value is -1.99. The molecule has 2 fully saturated rings. The number of carbonyl (C=O) groups is 1. The zero-order chi connectivity index (χ0) is 16.4. The highest BCUT2D eigenvalue weighted by Crippen LogP contribution is 2.35. The first-order valence-corrected chi connectivity index (χ1v) is 9.02. The Bertz CT molecular complexity index is 686. The van der Waals surface area contributed by atoms with Crippen molar-refractivity contribution in [2.45, 2.75) is 31.0 Å². The van der Waals surface area contributed by atoms with Crippen LogP contribution in [0.15, 0.2) is 35.4 Å². The molecule has 2 aromatic rings. The third kappa shape index (κ3) is 3.27. The first-order valence-electron chi connectivity index (χ1n) is 8.08. The molecule has 0 bridgehead atoms. The molecule has 2 aliphatic heterocycles. The van der Waals surface area contributed by atoms with E-state index in [9.17, 15) is 4.79 Å². The molecule has 4 heterocycles. The quantitative estimate of drug-likeness (QED) is 0.847. The molecule has 4 rings (SSSR count). The highest BCUT2D eigenvalue weighted by atomic mass is 32.1. The highest BCUT2D eigenvalue weighted by Gasteiger charge is 2.49. The summed E-state index contributed by atoms with van der Waals surface area (Å²) in [6, 6.07) is 2.00. The van der Waals surface area contributed by atoms with Crippen molar-refractivity contribution in [1.82, 2.24) is 14.9 Å². The summed E-state index contributed by atoms with van der Waals surface area (Å²) in [5.41, 5.74) is 0.828. The smallest absolute Gasteiger partial charge is 0.232 e. The SMILES string of the molecule is O=C(Cc1ccsc1)N1CC2(C[C@H](Oc3cnccn3)CCO2)C1. The number of hydrogen-bond donors (Lipinski definition) is 0. The van der Waals surface area contributed by atoms with Crippen LogP contribution in [0.2, 0.25) is 0 Å². The van der Waals surface area contributed by atoms with Crippen LogP contribution >= 0.6 is 11.3 Å². The third-order valence-corrected chi connectivity index (χ3v) is 5.25. The fourth-order valence-corrected chi connectivity index (χ4v) is 3.99. The monoisotopic (exact) mass is 345 g/mol. The van der Waals surface area contributed by atoms with Crippen molar-refractivity contribution in [2.75, 3.05) is 19.7 Å². The van der Waals surface area contributed by atoms with Crippen molar-refractivity contribution in [2.24, 2.45) is 0 Å². The first-order chi connectivity index (χ1) is 11.7. The third-order valence-electron chi connectivity index (χ3n) is 4.52. The largest absolute Gasteiger partial charge is 0.473 e. The van der Waals surface area contributed by atoms with Gasteiger partial charge in [0.05, 0.1) is 32.3 Å². The zero-order valence-electron chi connectivity index (χ0n) is 13.3. The summed E-state index contributed by atoms with van der Waals surface area (Å²) in [7, 11) is 0. The Morgan fingerprint density at radius 3 is 3.12 bits per heavy atom. The zero-order valence-corrected chi connectivity index (χ0v) is 14.1. The molecule has 0 aromatic carbocycles. The summed E-state index contributed by atoms with van der Waals surface area (Å²) < 4.78 is 11.9.